The molecule has 8 heteroatoms. The number of nitrogens with zero attached hydrogens (tertiary/aromatic N) is 1. The van der Waals surface area contributed by atoms with Gasteiger partial charge in [-0.25, -0.2) is 5.43 Å². The summed E-state index contributed by atoms with van der Waals surface area (Å²) in [5.74, 6) is 0.985. The summed E-state index contributed by atoms with van der Waals surface area (Å²) in [6, 6.07) is 11.8. The van der Waals surface area contributed by atoms with Crippen molar-refractivity contribution in [3.8, 4) is 17.2 Å². The molecule has 0 aliphatic rings. The summed E-state index contributed by atoms with van der Waals surface area (Å²) in [5.41, 5.74) is 3.49. The van der Waals surface area contributed by atoms with E-state index in [4.69, 9.17) is 14.2 Å². The molecule has 0 aliphatic heterocycles. The molecule has 2 N–H and O–H groups in total. The highest BCUT2D eigenvalue weighted by Gasteiger charge is 2.08. The summed E-state index contributed by atoms with van der Waals surface area (Å²) >= 11 is 0. The molecule has 2 aromatic rings. The third kappa shape index (κ3) is 5.74. The van der Waals surface area contributed by atoms with Crippen LogP contribution in [-0.2, 0) is 4.79 Å². The lowest BCUT2D eigenvalue weighted by Crippen LogP contribution is -2.34. The van der Waals surface area contributed by atoms with E-state index < -0.39 is 5.91 Å². The first-order valence-corrected chi connectivity index (χ1v) is 8.03. The average molecular weight is 371 g/mol. The normalized spacial score (nSPS) is 10.3. The van der Waals surface area contributed by atoms with E-state index in [0.717, 1.165) is 5.56 Å². The zero-order valence-corrected chi connectivity index (χ0v) is 15.3. The van der Waals surface area contributed by atoms with Crippen molar-refractivity contribution in [2.24, 2.45) is 5.10 Å². The minimum absolute atomic E-state index is 0.200. The molecular weight excluding hydrogens is 350 g/mol. The number of hydrogen-bond acceptors (Lipinski definition) is 6. The van der Waals surface area contributed by atoms with Crippen LogP contribution in [0.25, 0.3) is 0 Å². The summed E-state index contributed by atoms with van der Waals surface area (Å²) in [7, 11) is 4.63. The van der Waals surface area contributed by atoms with E-state index in [1.54, 1.807) is 56.7 Å². The van der Waals surface area contributed by atoms with Gasteiger partial charge in [0.15, 0.2) is 11.5 Å². The summed E-state index contributed by atoms with van der Waals surface area (Å²) < 4.78 is 15.4. The highest BCUT2D eigenvalue weighted by atomic mass is 16.5. The fourth-order valence-electron chi connectivity index (χ4n) is 2.16. The lowest BCUT2D eigenvalue weighted by molar-refractivity contribution is -0.120. The number of amides is 2. The van der Waals surface area contributed by atoms with Gasteiger partial charge in [-0.15, -0.1) is 0 Å². The second kappa shape index (κ2) is 9.81. The van der Waals surface area contributed by atoms with Gasteiger partial charge in [0.2, 0.25) is 0 Å². The fourth-order valence-corrected chi connectivity index (χ4v) is 2.16. The minimum Gasteiger partial charge on any atom is -0.497 e. The molecule has 0 radical (unpaired) electrons. The number of carbonyl (C=O) groups excluding carboxylic acids is 2. The van der Waals surface area contributed by atoms with Crippen LogP contribution in [0.15, 0.2) is 47.6 Å². The third-order valence-electron chi connectivity index (χ3n) is 3.57. The molecular formula is C19H21N3O5. The van der Waals surface area contributed by atoms with Crippen molar-refractivity contribution in [2.45, 2.75) is 0 Å². The van der Waals surface area contributed by atoms with Crippen LogP contribution in [-0.4, -0.2) is 45.9 Å². The van der Waals surface area contributed by atoms with Gasteiger partial charge < -0.3 is 19.5 Å². The van der Waals surface area contributed by atoms with E-state index in [0.29, 0.717) is 22.8 Å². The van der Waals surface area contributed by atoms with Crippen molar-refractivity contribution >= 4 is 18.0 Å². The van der Waals surface area contributed by atoms with E-state index in [1.165, 1.54) is 13.3 Å². The van der Waals surface area contributed by atoms with Crippen LogP contribution in [0.3, 0.4) is 0 Å². The van der Waals surface area contributed by atoms with Crippen LogP contribution >= 0.6 is 0 Å². The molecule has 0 spiro atoms. The Kier molecular flexibility index (Phi) is 7.18. The van der Waals surface area contributed by atoms with E-state index in [2.05, 4.69) is 15.8 Å². The molecule has 0 atom stereocenters. The van der Waals surface area contributed by atoms with Crippen molar-refractivity contribution in [1.82, 2.24) is 10.7 Å². The van der Waals surface area contributed by atoms with Gasteiger partial charge in [0.25, 0.3) is 11.8 Å². The van der Waals surface area contributed by atoms with Gasteiger partial charge in [0, 0.05) is 5.56 Å². The molecule has 0 aliphatic carbocycles. The molecule has 0 bridgehead atoms. The molecule has 0 saturated carbocycles. The standard InChI is InChI=1S/C19H21N3O5/c1-25-15-7-5-14(6-8-15)19(24)20-12-18(23)22-21-11-13-4-9-16(26-2)17(10-13)27-3/h4-11H,12H2,1-3H3,(H,20,24)(H,22,23). The van der Waals surface area contributed by atoms with E-state index in [1.807, 2.05) is 0 Å². The Morgan fingerprint density at radius 2 is 1.67 bits per heavy atom. The Balaban J connectivity index is 1.83. The SMILES string of the molecule is COc1ccc(C(=O)NCC(=O)NN=Cc2ccc(OC)c(OC)c2)cc1. The van der Waals surface area contributed by atoms with Gasteiger partial charge in [-0.3, -0.25) is 9.59 Å². The lowest BCUT2D eigenvalue weighted by atomic mass is 10.2. The van der Waals surface area contributed by atoms with Crippen molar-refractivity contribution in [1.29, 1.82) is 0 Å². The van der Waals surface area contributed by atoms with E-state index in [9.17, 15) is 9.59 Å². The largest absolute Gasteiger partial charge is 0.497 e. The number of benzene rings is 2. The molecule has 0 unspecified atom stereocenters. The van der Waals surface area contributed by atoms with Crippen LogP contribution in [0, 0.1) is 0 Å². The first-order valence-electron chi connectivity index (χ1n) is 8.03. The first kappa shape index (κ1) is 19.8. The molecule has 0 saturated heterocycles. The van der Waals surface area contributed by atoms with Crippen LogP contribution in [0.2, 0.25) is 0 Å². The maximum Gasteiger partial charge on any atom is 0.259 e. The lowest BCUT2D eigenvalue weighted by Gasteiger charge is -2.07. The molecule has 8 nitrogen and oxygen atoms in total. The van der Waals surface area contributed by atoms with Crippen LogP contribution in [0.5, 0.6) is 17.2 Å². The zero-order chi connectivity index (χ0) is 19.6. The number of hydrazone groups is 1. The molecule has 2 aromatic carbocycles. The molecule has 0 fully saturated rings. The summed E-state index contributed by atoms with van der Waals surface area (Å²) in [5, 5.41) is 6.37. The molecule has 2 rings (SSSR count). The predicted molar refractivity (Wildman–Crippen MR) is 101 cm³/mol. The topological polar surface area (TPSA) is 98.2 Å². The molecule has 0 aromatic heterocycles. The molecule has 0 heterocycles. The Morgan fingerprint density at radius 3 is 2.30 bits per heavy atom. The third-order valence-corrected chi connectivity index (χ3v) is 3.57. The maximum atomic E-state index is 12.0. The number of methoxy groups -OCH3 is 3. The Labute approximate surface area is 157 Å². The van der Waals surface area contributed by atoms with Crippen molar-refractivity contribution in [3.05, 3.63) is 53.6 Å². The van der Waals surface area contributed by atoms with Crippen molar-refractivity contribution in [2.75, 3.05) is 27.9 Å². The van der Waals surface area contributed by atoms with Gasteiger partial charge in [0.1, 0.15) is 5.75 Å². The first-order chi connectivity index (χ1) is 13.1. The van der Waals surface area contributed by atoms with Gasteiger partial charge in [-0.2, -0.15) is 5.10 Å². The van der Waals surface area contributed by atoms with Crippen molar-refractivity contribution in [3.63, 3.8) is 0 Å². The summed E-state index contributed by atoms with van der Waals surface area (Å²) in [6.45, 7) is -0.200. The quantitative estimate of drug-likeness (QED) is 0.542. The van der Waals surface area contributed by atoms with Gasteiger partial charge in [-0.1, -0.05) is 0 Å². The Bertz CT molecular complexity index is 819. The van der Waals surface area contributed by atoms with Gasteiger partial charge in [-0.05, 0) is 48.0 Å². The van der Waals surface area contributed by atoms with Gasteiger partial charge in [0.05, 0.1) is 34.1 Å². The minimum atomic E-state index is -0.450. The summed E-state index contributed by atoms with van der Waals surface area (Å²) in [6.07, 6.45) is 1.46. The van der Waals surface area contributed by atoms with E-state index >= 15 is 0 Å². The number of nitrogens with one attached hydrogen (secondary N) is 2. The number of hydrogen-bond donors (Lipinski definition) is 2. The second-order valence-corrected chi connectivity index (χ2v) is 5.32. The Morgan fingerprint density at radius 1 is 0.963 bits per heavy atom. The number of ether oxygens (including phenoxy) is 3. The zero-order valence-electron chi connectivity index (χ0n) is 15.3. The highest BCUT2D eigenvalue weighted by molar-refractivity contribution is 5.96. The average Bonchev–Trinajstić information content (AvgIpc) is 2.71. The van der Waals surface area contributed by atoms with Crippen LogP contribution < -0.4 is 25.0 Å². The fraction of sp³-hybridized carbons (Fsp3) is 0.211. The molecule has 2 amide bonds. The maximum absolute atomic E-state index is 12.0. The highest BCUT2D eigenvalue weighted by Crippen LogP contribution is 2.26. The Hall–Kier alpha value is -3.55. The number of carbonyl (C=O) groups is 2. The summed E-state index contributed by atoms with van der Waals surface area (Å²) in [4.78, 5) is 23.8. The smallest absolute Gasteiger partial charge is 0.259 e. The van der Waals surface area contributed by atoms with Crippen LogP contribution in [0.4, 0.5) is 0 Å². The number of rotatable bonds is 8. The van der Waals surface area contributed by atoms with Crippen LogP contribution in [0.1, 0.15) is 15.9 Å². The van der Waals surface area contributed by atoms with E-state index in [-0.39, 0.29) is 12.5 Å². The second-order valence-electron chi connectivity index (χ2n) is 5.32. The monoisotopic (exact) mass is 371 g/mol. The van der Waals surface area contributed by atoms with Gasteiger partial charge >= 0.3 is 0 Å². The molecule has 142 valence electrons. The van der Waals surface area contributed by atoms with Crippen molar-refractivity contribution < 1.29 is 23.8 Å². The molecule has 27 heavy (non-hydrogen) atoms. The predicted octanol–water partition coefficient (Wildman–Crippen LogP) is 1.59.